The van der Waals surface area contributed by atoms with Gasteiger partial charge in [0.15, 0.2) is 5.75 Å². The number of para-hydroxylation sites is 1. The SMILES string of the molecule is Cn1ccc2cccc(Oc3ccnc(CN4CCOCC4)n3)c21. The molecule has 4 rings (SSSR count). The molecule has 0 unspecified atom stereocenters. The van der Waals surface area contributed by atoms with E-state index >= 15 is 0 Å². The van der Waals surface area contributed by atoms with E-state index in [-0.39, 0.29) is 0 Å². The number of aromatic nitrogens is 3. The molecule has 0 amide bonds. The van der Waals surface area contributed by atoms with Crippen LogP contribution in [0, 0.1) is 0 Å². The third-order valence-corrected chi connectivity index (χ3v) is 4.22. The van der Waals surface area contributed by atoms with Gasteiger partial charge in [0.2, 0.25) is 5.88 Å². The van der Waals surface area contributed by atoms with Crippen molar-refractivity contribution in [3.63, 3.8) is 0 Å². The van der Waals surface area contributed by atoms with Gasteiger partial charge >= 0.3 is 0 Å². The monoisotopic (exact) mass is 324 g/mol. The van der Waals surface area contributed by atoms with Gasteiger partial charge in [0.25, 0.3) is 0 Å². The number of rotatable bonds is 4. The van der Waals surface area contributed by atoms with E-state index in [9.17, 15) is 0 Å². The first kappa shape index (κ1) is 15.1. The van der Waals surface area contributed by atoms with E-state index in [1.165, 1.54) is 0 Å². The molecule has 1 saturated heterocycles. The van der Waals surface area contributed by atoms with E-state index in [2.05, 4.69) is 31.6 Å². The first-order valence-electron chi connectivity index (χ1n) is 8.13. The Morgan fingerprint density at radius 1 is 1.17 bits per heavy atom. The highest BCUT2D eigenvalue weighted by Gasteiger charge is 2.13. The highest BCUT2D eigenvalue weighted by molar-refractivity contribution is 5.86. The molecule has 1 fully saturated rings. The molecule has 0 aliphatic carbocycles. The molecule has 0 saturated carbocycles. The molecule has 0 radical (unpaired) electrons. The zero-order chi connectivity index (χ0) is 16.4. The van der Waals surface area contributed by atoms with Gasteiger partial charge in [-0.15, -0.1) is 0 Å². The van der Waals surface area contributed by atoms with Crippen molar-refractivity contribution in [3.8, 4) is 11.6 Å². The van der Waals surface area contributed by atoms with Crippen molar-refractivity contribution >= 4 is 10.9 Å². The first-order chi connectivity index (χ1) is 11.8. The molecule has 24 heavy (non-hydrogen) atoms. The van der Waals surface area contributed by atoms with Crippen LogP contribution in [0.25, 0.3) is 10.9 Å². The Bertz CT molecular complexity index is 840. The van der Waals surface area contributed by atoms with Crippen LogP contribution in [-0.4, -0.2) is 45.7 Å². The number of nitrogens with zero attached hydrogens (tertiary/aromatic N) is 4. The maximum absolute atomic E-state index is 6.05. The summed E-state index contributed by atoms with van der Waals surface area (Å²) >= 11 is 0. The minimum absolute atomic E-state index is 0.571. The van der Waals surface area contributed by atoms with Crippen LogP contribution in [0.4, 0.5) is 0 Å². The summed E-state index contributed by atoms with van der Waals surface area (Å²) in [5.41, 5.74) is 1.06. The highest BCUT2D eigenvalue weighted by atomic mass is 16.5. The zero-order valence-electron chi connectivity index (χ0n) is 13.7. The molecule has 0 N–H and O–H groups in total. The molecule has 6 heteroatoms. The molecule has 3 aromatic rings. The Hall–Kier alpha value is -2.44. The Kier molecular flexibility index (Phi) is 4.15. The van der Waals surface area contributed by atoms with E-state index in [4.69, 9.17) is 9.47 Å². The maximum Gasteiger partial charge on any atom is 0.222 e. The smallest absolute Gasteiger partial charge is 0.222 e. The quantitative estimate of drug-likeness (QED) is 0.738. The Balaban J connectivity index is 1.56. The van der Waals surface area contributed by atoms with Gasteiger partial charge in [-0.05, 0) is 12.1 Å². The summed E-state index contributed by atoms with van der Waals surface area (Å²) in [4.78, 5) is 11.2. The highest BCUT2D eigenvalue weighted by Crippen LogP contribution is 2.29. The summed E-state index contributed by atoms with van der Waals surface area (Å²) in [5.74, 6) is 2.14. The molecular weight excluding hydrogens is 304 g/mol. The van der Waals surface area contributed by atoms with Gasteiger partial charge in [-0.25, -0.2) is 4.98 Å². The van der Waals surface area contributed by atoms with Gasteiger partial charge in [-0.1, -0.05) is 12.1 Å². The van der Waals surface area contributed by atoms with Gasteiger partial charge in [0.05, 0.1) is 25.3 Å². The van der Waals surface area contributed by atoms with Crippen molar-refractivity contribution in [2.75, 3.05) is 26.3 Å². The van der Waals surface area contributed by atoms with Crippen molar-refractivity contribution in [2.45, 2.75) is 6.54 Å². The Labute approximate surface area is 140 Å². The summed E-state index contributed by atoms with van der Waals surface area (Å²) in [5, 5.41) is 1.15. The second-order valence-electron chi connectivity index (χ2n) is 5.92. The molecule has 3 heterocycles. The molecule has 0 spiro atoms. The van der Waals surface area contributed by atoms with E-state index < -0.39 is 0 Å². The van der Waals surface area contributed by atoms with E-state index in [1.54, 1.807) is 12.3 Å². The molecule has 0 atom stereocenters. The van der Waals surface area contributed by atoms with Crippen molar-refractivity contribution in [1.82, 2.24) is 19.4 Å². The summed E-state index contributed by atoms with van der Waals surface area (Å²) < 4.78 is 13.5. The average molecular weight is 324 g/mol. The lowest BCUT2D eigenvalue weighted by Crippen LogP contribution is -2.36. The number of fused-ring (bicyclic) bond motifs is 1. The fraction of sp³-hybridized carbons (Fsp3) is 0.333. The predicted molar refractivity (Wildman–Crippen MR) is 91.1 cm³/mol. The summed E-state index contributed by atoms with van der Waals surface area (Å²) in [6.07, 6.45) is 3.78. The first-order valence-corrected chi connectivity index (χ1v) is 8.13. The second-order valence-corrected chi connectivity index (χ2v) is 5.92. The molecule has 0 bridgehead atoms. The molecule has 2 aromatic heterocycles. The normalized spacial score (nSPS) is 15.7. The van der Waals surface area contributed by atoms with Crippen molar-refractivity contribution in [1.29, 1.82) is 0 Å². The lowest BCUT2D eigenvalue weighted by atomic mass is 10.2. The van der Waals surface area contributed by atoms with Crippen molar-refractivity contribution in [2.24, 2.45) is 7.05 Å². The van der Waals surface area contributed by atoms with Crippen LogP contribution in [0.2, 0.25) is 0 Å². The van der Waals surface area contributed by atoms with Gasteiger partial charge in [0, 0.05) is 44.0 Å². The summed E-state index contributed by atoms with van der Waals surface area (Å²) in [6, 6.07) is 9.90. The molecule has 6 nitrogen and oxygen atoms in total. The van der Waals surface area contributed by atoms with Crippen LogP contribution in [0.1, 0.15) is 5.82 Å². The van der Waals surface area contributed by atoms with Gasteiger partial charge in [-0.2, -0.15) is 4.98 Å². The summed E-state index contributed by atoms with van der Waals surface area (Å²) in [7, 11) is 2.01. The van der Waals surface area contributed by atoms with Crippen LogP contribution < -0.4 is 4.74 Å². The Morgan fingerprint density at radius 2 is 2.04 bits per heavy atom. The number of hydrogen-bond acceptors (Lipinski definition) is 5. The lowest BCUT2D eigenvalue weighted by molar-refractivity contribution is 0.0330. The number of hydrogen-bond donors (Lipinski definition) is 0. The number of morpholine rings is 1. The molecular formula is C18H20N4O2. The van der Waals surface area contributed by atoms with Crippen LogP contribution >= 0.6 is 0 Å². The lowest BCUT2D eigenvalue weighted by Gasteiger charge is -2.25. The summed E-state index contributed by atoms with van der Waals surface area (Å²) in [6.45, 7) is 4.08. The van der Waals surface area contributed by atoms with Crippen LogP contribution in [0.15, 0.2) is 42.7 Å². The standard InChI is InChI=1S/C18H20N4O2/c1-21-8-6-14-3-2-4-15(18(14)21)24-17-5-7-19-16(20-17)13-22-9-11-23-12-10-22/h2-8H,9-13H2,1H3. The number of ether oxygens (including phenoxy) is 2. The van der Waals surface area contributed by atoms with Crippen molar-refractivity contribution < 1.29 is 9.47 Å². The van der Waals surface area contributed by atoms with Gasteiger partial charge in [-0.3, -0.25) is 4.90 Å². The third-order valence-electron chi connectivity index (χ3n) is 4.22. The van der Waals surface area contributed by atoms with Crippen molar-refractivity contribution in [3.05, 3.63) is 48.5 Å². The van der Waals surface area contributed by atoms with E-state index in [0.717, 1.165) is 55.3 Å². The molecule has 1 aromatic carbocycles. The molecule has 1 aliphatic heterocycles. The Morgan fingerprint density at radius 3 is 2.92 bits per heavy atom. The zero-order valence-corrected chi connectivity index (χ0v) is 13.7. The molecule has 1 aliphatic rings. The second kappa shape index (κ2) is 6.59. The number of benzene rings is 1. The minimum Gasteiger partial charge on any atom is -0.437 e. The fourth-order valence-corrected chi connectivity index (χ4v) is 2.99. The van der Waals surface area contributed by atoms with Crippen LogP contribution in [0.5, 0.6) is 11.6 Å². The maximum atomic E-state index is 6.05. The van der Waals surface area contributed by atoms with Crippen LogP contribution in [0.3, 0.4) is 0 Å². The topological polar surface area (TPSA) is 52.4 Å². The van der Waals surface area contributed by atoms with Crippen LogP contribution in [-0.2, 0) is 18.3 Å². The average Bonchev–Trinajstić information content (AvgIpc) is 2.99. The largest absolute Gasteiger partial charge is 0.437 e. The van der Waals surface area contributed by atoms with E-state index in [1.807, 2.05) is 25.4 Å². The third kappa shape index (κ3) is 3.11. The van der Waals surface area contributed by atoms with E-state index in [0.29, 0.717) is 5.88 Å². The number of aryl methyl sites for hydroxylation is 1. The fourth-order valence-electron chi connectivity index (χ4n) is 2.99. The van der Waals surface area contributed by atoms with Gasteiger partial charge in [0.1, 0.15) is 5.82 Å². The van der Waals surface area contributed by atoms with Gasteiger partial charge < -0.3 is 14.0 Å². The predicted octanol–water partition coefficient (Wildman–Crippen LogP) is 2.59. The molecule has 124 valence electrons. The minimum atomic E-state index is 0.571.